The number of aliphatic hydroxyl groups excluding tert-OH is 1. The van der Waals surface area contributed by atoms with Crippen LogP contribution in [0, 0.1) is 0 Å². The molecule has 2 N–H and O–H groups in total. The van der Waals surface area contributed by atoms with Crippen LogP contribution in [0.2, 0.25) is 0 Å². The summed E-state index contributed by atoms with van der Waals surface area (Å²) in [6, 6.07) is 0. The van der Waals surface area contributed by atoms with Gasteiger partial charge in [-0.05, 0) is 0 Å². The molecule has 14 heavy (non-hydrogen) atoms. The average molecular weight is 214 g/mol. The lowest BCUT2D eigenvalue weighted by Crippen LogP contribution is -2.38. The van der Waals surface area contributed by atoms with Crippen LogP contribution in [0.1, 0.15) is 0 Å². The summed E-state index contributed by atoms with van der Waals surface area (Å²) in [5, 5.41) is 12.4. The van der Waals surface area contributed by atoms with Crippen molar-refractivity contribution in [3.05, 3.63) is 25.3 Å². The van der Waals surface area contributed by atoms with Gasteiger partial charge in [-0.3, -0.25) is 4.90 Å². The van der Waals surface area contributed by atoms with E-state index in [1.165, 1.54) is 5.49 Å². The second-order valence-electron chi connectivity index (χ2n) is 2.98. The van der Waals surface area contributed by atoms with Gasteiger partial charge in [-0.1, -0.05) is 24.4 Å². The smallest absolute Gasteiger partial charge is 0.0839 e. The average Bonchev–Trinajstić information content (AvgIpc) is 2.15. The molecule has 0 fully saturated rings. The van der Waals surface area contributed by atoms with Crippen molar-refractivity contribution in [3.63, 3.8) is 0 Å². The van der Waals surface area contributed by atoms with Crippen molar-refractivity contribution in [2.75, 3.05) is 26.2 Å². The van der Waals surface area contributed by atoms with E-state index in [-0.39, 0.29) is 0 Å². The largest absolute Gasteiger partial charge is 0.390 e. The third kappa shape index (κ3) is 6.77. The Kier molecular flexibility index (Phi) is 8.42. The molecule has 0 aromatic carbocycles. The van der Waals surface area contributed by atoms with E-state index in [2.05, 4.69) is 35.6 Å². The Bertz CT molecular complexity index is 175. The van der Waals surface area contributed by atoms with Gasteiger partial charge in [-0.25, -0.2) is 0 Å². The van der Waals surface area contributed by atoms with Gasteiger partial charge in [0.1, 0.15) is 0 Å². The number of thiocarbonyl (C=S) groups is 1. The molecule has 0 saturated heterocycles. The van der Waals surface area contributed by atoms with Crippen LogP contribution in [0.4, 0.5) is 0 Å². The number of hydrogen-bond donors (Lipinski definition) is 2. The molecular weight excluding hydrogens is 196 g/mol. The van der Waals surface area contributed by atoms with Crippen LogP contribution >= 0.6 is 12.2 Å². The van der Waals surface area contributed by atoms with Crippen molar-refractivity contribution in [3.8, 4) is 0 Å². The third-order valence-electron chi connectivity index (χ3n) is 1.68. The quantitative estimate of drug-likeness (QED) is 0.434. The van der Waals surface area contributed by atoms with Crippen LogP contribution in [0.25, 0.3) is 0 Å². The molecule has 0 aromatic heterocycles. The third-order valence-corrected chi connectivity index (χ3v) is 1.85. The van der Waals surface area contributed by atoms with E-state index in [1.807, 2.05) is 12.2 Å². The SMILES string of the molecule is C=CCN(CC=C)CC(O)CNC=S. The molecule has 4 heteroatoms. The summed E-state index contributed by atoms with van der Waals surface area (Å²) < 4.78 is 0. The molecular formula is C10H18N2OS. The van der Waals surface area contributed by atoms with Crippen LogP contribution in [-0.4, -0.2) is 47.8 Å². The molecule has 1 atom stereocenters. The van der Waals surface area contributed by atoms with Gasteiger partial charge in [0.05, 0.1) is 11.6 Å². The van der Waals surface area contributed by atoms with Crippen LogP contribution in [0.3, 0.4) is 0 Å². The van der Waals surface area contributed by atoms with Gasteiger partial charge < -0.3 is 10.4 Å². The summed E-state index contributed by atoms with van der Waals surface area (Å²) >= 11 is 4.59. The van der Waals surface area contributed by atoms with Crippen LogP contribution in [-0.2, 0) is 0 Å². The fourth-order valence-corrected chi connectivity index (χ4v) is 1.23. The fourth-order valence-electron chi connectivity index (χ4n) is 1.14. The lowest BCUT2D eigenvalue weighted by Gasteiger charge is -2.22. The van der Waals surface area contributed by atoms with E-state index in [4.69, 9.17) is 0 Å². The lowest BCUT2D eigenvalue weighted by molar-refractivity contribution is 0.127. The Morgan fingerprint density at radius 1 is 1.36 bits per heavy atom. The number of aliphatic hydroxyl groups is 1. The maximum absolute atomic E-state index is 9.56. The van der Waals surface area contributed by atoms with Crippen LogP contribution in [0.15, 0.2) is 25.3 Å². The van der Waals surface area contributed by atoms with Gasteiger partial charge in [-0.2, -0.15) is 0 Å². The highest BCUT2D eigenvalue weighted by Crippen LogP contribution is 1.92. The summed E-state index contributed by atoms with van der Waals surface area (Å²) in [5.74, 6) is 0. The molecule has 0 aliphatic rings. The molecule has 1 unspecified atom stereocenters. The van der Waals surface area contributed by atoms with Crippen molar-refractivity contribution in [2.45, 2.75) is 6.10 Å². The second-order valence-corrected chi connectivity index (χ2v) is 3.21. The first-order valence-corrected chi connectivity index (χ1v) is 5.01. The molecule has 0 aliphatic heterocycles. The van der Waals surface area contributed by atoms with Crippen molar-refractivity contribution in [1.82, 2.24) is 10.2 Å². The summed E-state index contributed by atoms with van der Waals surface area (Å²) in [5.41, 5.74) is 1.41. The summed E-state index contributed by atoms with van der Waals surface area (Å²) in [6.45, 7) is 9.89. The number of rotatable bonds is 9. The first-order valence-electron chi connectivity index (χ1n) is 4.53. The first kappa shape index (κ1) is 13.3. The highest BCUT2D eigenvalue weighted by atomic mass is 32.1. The van der Waals surface area contributed by atoms with E-state index in [9.17, 15) is 5.11 Å². The van der Waals surface area contributed by atoms with E-state index in [1.54, 1.807) is 0 Å². The Labute approximate surface area is 91.1 Å². The molecule has 0 aliphatic carbocycles. The highest BCUT2D eigenvalue weighted by Gasteiger charge is 2.08. The van der Waals surface area contributed by atoms with Gasteiger partial charge in [0.25, 0.3) is 0 Å². The summed E-state index contributed by atoms with van der Waals surface area (Å²) in [7, 11) is 0. The van der Waals surface area contributed by atoms with E-state index in [0.29, 0.717) is 13.1 Å². The molecule has 0 saturated carbocycles. The zero-order chi connectivity index (χ0) is 10.8. The van der Waals surface area contributed by atoms with Gasteiger partial charge in [0.15, 0.2) is 0 Å². The zero-order valence-corrected chi connectivity index (χ0v) is 9.17. The number of nitrogens with one attached hydrogen (secondary N) is 1. The highest BCUT2D eigenvalue weighted by molar-refractivity contribution is 7.78. The monoisotopic (exact) mass is 214 g/mol. The zero-order valence-electron chi connectivity index (χ0n) is 8.35. The molecule has 0 aromatic rings. The minimum absolute atomic E-state index is 0.422. The van der Waals surface area contributed by atoms with E-state index in [0.717, 1.165) is 13.1 Å². The van der Waals surface area contributed by atoms with Crippen molar-refractivity contribution in [2.24, 2.45) is 0 Å². The van der Waals surface area contributed by atoms with Gasteiger partial charge in [-0.15, -0.1) is 13.2 Å². The molecule has 80 valence electrons. The predicted octanol–water partition coefficient (Wildman–Crippen LogP) is 0.568. The van der Waals surface area contributed by atoms with Crippen LogP contribution in [0.5, 0.6) is 0 Å². The normalized spacial score (nSPS) is 12.1. The van der Waals surface area contributed by atoms with Crippen molar-refractivity contribution < 1.29 is 5.11 Å². The molecule has 0 amide bonds. The molecule has 0 radical (unpaired) electrons. The van der Waals surface area contributed by atoms with Crippen molar-refractivity contribution in [1.29, 1.82) is 0 Å². The van der Waals surface area contributed by atoms with E-state index < -0.39 is 6.10 Å². The van der Waals surface area contributed by atoms with Gasteiger partial charge in [0, 0.05) is 26.2 Å². The molecule has 0 spiro atoms. The van der Waals surface area contributed by atoms with Crippen molar-refractivity contribution >= 4 is 17.7 Å². The van der Waals surface area contributed by atoms with Gasteiger partial charge in [0.2, 0.25) is 0 Å². The topological polar surface area (TPSA) is 35.5 Å². The summed E-state index contributed by atoms with van der Waals surface area (Å²) in [6.07, 6.45) is 3.19. The minimum atomic E-state index is -0.422. The maximum Gasteiger partial charge on any atom is 0.0839 e. The Morgan fingerprint density at radius 3 is 2.36 bits per heavy atom. The number of hydrogen-bond acceptors (Lipinski definition) is 3. The Balaban J connectivity index is 3.80. The first-order chi connectivity index (χ1) is 6.74. The lowest BCUT2D eigenvalue weighted by atomic mass is 10.3. The van der Waals surface area contributed by atoms with E-state index >= 15 is 0 Å². The second kappa shape index (κ2) is 8.87. The molecule has 0 heterocycles. The molecule has 3 nitrogen and oxygen atoms in total. The maximum atomic E-state index is 9.56. The Hall–Kier alpha value is -0.710. The Morgan fingerprint density at radius 2 is 1.93 bits per heavy atom. The number of nitrogens with zero attached hydrogens (tertiary/aromatic N) is 1. The molecule has 0 rings (SSSR count). The predicted molar refractivity (Wildman–Crippen MR) is 64.5 cm³/mol. The van der Waals surface area contributed by atoms with Gasteiger partial charge >= 0.3 is 0 Å². The summed E-state index contributed by atoms with van der Waals surface area (Å²) in [4.78, 5) is 2.05. The fraction of sp³-hybridized carbons (Fsp3) is 0.500. The van der Waals surface area contributed by atoms with Crippen LogP contribution < -0.4 is 5.32 Å². The minimum Gasteiger partial charge on any atom is -0.390 e. The molecule has 0 bridgehead atoms. The standard InChI is InChI=1S/C10H18N2OS/c1-3-5-12(6-4-2)8-10(13)7-11-9-14/h3-4,9-10,13H,1-2,5-8H2,(H,11,14).